The molecule has 0 amide bonds. The fourth-order valence-corrected chi connectivity index (χ4v) is 3.43. The molecule has 2 unspecified atom stereocenters. The van der Waals surface area contributed by atoms with E-state index in [9.17, 15) is 8.42 Å². The van der Waals surface area contributed by atoms with Crippen molar-refractivity contribution in [3.05, 3.63) is 0 Å². The smallest absolute Gasteiger partial charge is 0.216 e. The van der Waals surface area contributed by atoms with E-state index in [4.69, 9.17) is 6.42 Å². The van der Waals surface area contributed by atoms with Gasteiger partial charge in [-0.3, -0.25) is 0 Å². The van der Waals surface area contributed by atoms with Crippen LogP contribution in [0.1, 0.15) is 32.6 Å². The molecule has 2 atom stereocenters. The predicted octanol–water partition coefficient (Wildman–Crippen LogP) is 0.460. The van der Waals surface area contributed by atoms with Crippen molar-refractivity contribution in [3.63, 3.8) is 0 Å². The number of piperidine rings is 1. The number of nitrogens with one attached hydrogen (secondary N) is 2. The Labute approximate surface area is 98.2 Å². The first-order chi connectivity index (χ1) is 7.60. The Kier molecular flexibility index (Phi) is 5.26. The molecule has 2 N–H and O–H groups in total. The van der Waals surface area contributed by atoms with Gasteiger partial charge >= 0.3 is 0 Å². The highest BCUT2D eigenvalue weighted by Crippen LogP contribution is 2.11. The first kappa shape index (κ1) is 13.5. The Balaban J connectivity index is 2.59. The number of terminal acetylenes is 1. The van der Waals surface area contributed by atoms with Gasteiger partial charge in [-0.25, -0.2) is 13.1 Å². The van der Waals surface area contributed by atoms with Crippen LogP contribution < -0.4 is 10.0 Å². The average molecular weight is 244 g/mol. The molecule has 4 nitrogen and oxygen atoms in total. The van der Waals surface area contributed by atoms with Crippen molar-refractivity contribution in [2.75, 3.05) is 13.1 Å². The van der Waals surface area contributed by atoms with E-state index in [-0.39, 0.29) is 11.3 Å². The number of hydrogen-bond donors (Lipinski definition) is 2. The fourth-order valence-electron chi connectivity index (χ4n) is 1.84. The van der Waals surface area contributed by atoms with Crippen molar-refractivity contribution >= 4 is 10.0 Å². The minimum atomic E-state index is -3.27. The molecule has 0 bridgehead atoms. The first-order valence-electron chi connectivity index (χ1n) is 5.78. The monoisotopic (exact) mass is 244 g/mol. The molecule has 1 heterocycles. The van der Waals surface area contributed by atoms with Crippen LogP contribution in [0.4, 0.5) is 0 Å². The van der Waals surface area contributed by atoms with Crippen LogP contribution in [0.15, 0.2) is 0 Å². The van der Waals surface area contributed by atoms with Gasteiger partial charge in [-0.2, -0.15) is 0 Å². The van der Waals surface area contributed by atoms with Gasteiger partial charge in [0, 0.05) is 6.54 Å². The lowest BCUT2D eigenvalue weighted by atomic mass is 10.2. The summed E-state index contributed by atoms with van der Waals surface area (Å²) in [5, 5.41) is 2.75. The van der Waals surface area contributed by atoms with E-state index in [1.807, 2.05) is 6.92 Å². The maximum atomic E-state index is 12.0. The van der Waals surface area contributed by atoms with Gasteiger partial charge in [0.1, 0.15) is 0 Å². The molecule has 0 aromatic heterocycles. The minimum absolute atomic E-state index is 0.339. The van der Waals surface area contributed by atoms with Gasteiger partial charge in [0.2, 0.25) is 10.0 Å². The number of sulfonamides is 1. The molecule has 0 aromatic rings. The average Bonchev–Trinajstić information content (AvgIpc) is 2.29. The van der Waals surface area contributed by atoms with Gasteiger partial charge in [-0.1, -0.05) is 19.3 Å². The second-order valence-corrected chi connectivity index (χ2v) is 6.13. The molecule has 0 aliphatic carbocycles. The van der Waals surface area contributed by atoms with E-state index in [0.717, 1.165) is 19.4 Å². The summed E-state index contributed by atoms with van der Waals surface area (Å²) in [6.07, 6.45) is 8.49. The second-order valence-electron chi connectivity index (χ2n) is 4.14. The summed E-state index contributed by atoms with van der Waals surface area (Å²) in [6.45, 7) is 3.42. The normalized spacial score (nSPS) is 23.6. The van der Waals surface area contributed by atoms with Gasteiger partial charge in [0.05, 0.1) is 11.3 Å². The third kappa shape index (κ3) is 3.78. The zero-order valence-corrected chi connectivity index (χ0v) is 10.5. The molecule has 1 aliphatic heterocycles. The highest BCUT2D eigenvalue weighted by molar-refractivity contribution is 7.90. The van der Waals surface area contributed by atoms with Crippen molar-refractivity contribution in [3.8, 4) is 12.3 Å². The van der Waals surface area contributed by atoms with E-state index >= 15 is 0 Å². The maximum absolute atomic E-state index is 12.0. The van der Waals surface area contributed by atoms with Crippen LogP contribution in [-0.4, -0.2) is 32.8 Å². The molecule has 16 heavy (non-hydrogen) atoms. The van der Waals surface area contributed by atoms with Gasteiger partial charge < -0.3 is 5.32 Å². The third-order valence-electron chi connectivity index (χ3n) is 2.78. The fraction of sp³-hybridized carbons (Fsp3) is 0.818. The van der Waals surface area contributed by atoms with E-state index in [1.165, 1.54) is 0 Å². The van der Waals surface area contributed by atoms with Crippen LogP contribution in [0.25, 0.3) is 0 Å². The van der Waals surface area contributed by atoms with Crippen molar-refractivity contribution in [1.82, 2.24) is 10.0 Å². The number of hydrogen-bond acceptors (Lipinski definition) is 3. The van der Waals surface area contributed by atoms with Gasteiger partial charge in [-0.05, 0) is 25.8 Å². The second kappa shape index (κ2) is 6.24. The van der Waals surface area contributed by atoms with Crippen LogP contribution >= 0.6 is 0 Å². The summed E-state index contributed by atoms with van der Waals surface area (Å²) in [5.74, 6) is 2.49. The largest absolute Gasteiger partial charge is 0.315 e. The Hall–Kier alpha value is -0.570. The summed E-state index contributed by atoms with van der Waals surface area (Å²) in [5.41, 5.74) is 0. The Bertz CT molecular complexity index is 339. The van der Waals surface area contributed by atoms with Crippen LogP contribution in [0.3, 0.4) is 0 Å². The van der Waals surface area contributed by atoms with E-state index in [1.54, 1.807) is 0 Å². The topological polar surface area (TPSA) is 58.2 Å². The van der Waals surface area contributed by atoms with E-state index in [2.05, 4.69) is 16.0 Å². The van der Waals surface area contributed by atoms with Crippen molar-refractivity contribution < 1.29 is 8.42 Å². The highest BCUT2D eigenvalue weighted by atomic mass is 32.2. The predicted molar refractivity (Wildman–Crippen MR) is 65.5 cm³/mol. The summed E-state index contributed by atoms with van der Waals surface area (Å²) < 4.78 is 26.6. The summed E-state index contributed by atoms with van der Waals surface area (Å²) >= 11 is 0. The minimum Gasteiger partial charge on any atom is -0.315 e. The molecule has 0 saturated carbocycles. The maximum Gasteiger partial charge on any atom is 0.216 e. The molecule has 1 rings (SSSR count). The molecule has 5 heteroatoms. The lowest BCUT2D eigenvalue weighted by Gasteiger charge is -2.24. The Morgan fingerprint density at radius 2 is 2.38 bits per heavy atom. The van der Waals surface area contributed by atoms with E-state index < -0.39 is 10.0 Å². The zero-order chi connectivity index (χ0) is 12.0. The molecular weight excluding hydrogens is 224 g/mol. The highest BCUT2D eigenvalue weighted by Gasteiger charge is 2.28. The molecule has 92 valence electrons. The molecular formula is C11H20N2O2S. The molecule has 0 aromatic carbocycles. The van der Waals surface area contributed by atoms with Crippen LogP contribution in [0.5, 0.6) is 0 Å². The summed E-state index contributed by atoms with van der Waals surface area (Å²) in [4.78, 5) is 0. The lowest BCUT2D eigenvalue weighted by Crippen LogP contribution is -2.47. The van der Waals surface area contributed by atoms with Crippen LogP contribution in [0.2, 0.25) is 0 Å². The number of rotatable bonds is 5. The molecule has 0 radical (unpaired) electrons. The summed E-state index contributed by atoms with van der Waals surface area (Å²) in [7, 11) is -3.27. The third-order valence-corrected chi connectivity index (χ3v) is 4.67. The van der Waals surface area contributed by atoms with Crippen molar-refractivity contribution in [2.45, 2.75) is 43.9 Å². The quantitative estimate of drug-likeness (QED) is 0.691. The van der Waals surface area contributed by atoms with Crippen LogP contribution in [-0.2, 0) is 10.0 Å². The summed E-state index contributed by atoms with van der Waals surface area (Å²) in [6, 6.07) is -0.364. The molecule has 1 fully saturated rings. The standard InChI is InChI=1S/C11H20N2O2S/c1-3-6-10(4-2)13-16(14,15)11-7-5-8-12-9-11/h2,10-13H,3,5-9H2,1H3. The van der Waals surface area contributed by atoms with Crippen molar-refractivity contribution in [2.24, 2.45) is 0 Å². The Morgan fingerprint density at radius 3 is 2.88 bits per heavy atom. The zero-order valence-electron chi connectivity index (χ0n) is 9.70. The first-order valence-corrected chi connectivity index (χ1v) is 7.32. The van der Waals surface area contributed by atoms with Gasteiger partial charge in [0.25, 0.3) is 0 Å². The van der Waals surface area contributed by atoms with Crippen molar-refractivity contribution in [1.29, 1.82) is 0 Å². The van der Waals surface area contributed by atoms with E-state index in [0.29, 0.717) is 19.4 Å². The lowest BCUT2D eigenvalue weighted by molar-refractivity contribution is 0.485. The van der Waals surface area contributed by atoms with Crippen LogP contribution in [0, 0.1) is 12.3 Å². The van der Waals surface area contributed by atoms with Gasteiger partial charge in [0.15, 0.2) is 0 Å². The van der Waals surface area contributed by atoms with Gasteiger partial charge in [-0.15, -0.1) is 6.42 Å². The SMILES string of the molecule is C#CC(CCC)NS(=O)(=O)C1CCCNC1. The molecule has 1 aliphatic rings. The Morgan fingerprint density at radius 1 is 1.62 bits per heavy atom. The molecule has 1 saturated heterocycles. The molecule has 0 spiro atoms.